The molecule has 0 saturated heterocycles. The minimum Gasteiger partial charge on any atom is -0.324 e. The molecule has 0 aromatic rings. The van der Waals surface area contributed by atoms with E-state index in [1.54, 1.807) is 0 Å². The molecule has 0 spiro atoms. The summed E-state index contributed by atoms with van der Waals surface area (Å²) in [5.41, 5.74) is 5.61. The summed E-state index contributed by atoms with van der Waals surface area (Å²) >= 11 is 1.41. The molecule has 2 nitrogen and oxygen atoms in total. The second-order valence-corrected chi connectivity index (χ2v) is 3.18. The Labute approximate surface area is 59.8 Å². The number of nitrogens with two attached hydrogens (primary N) is 2. The molecule has 1 aliphatic rings. The van der Waals surface area contributed by atoms with Crippen LogP contribution in [0.25, 0.3) is 0 Å². The maximum atomic E-state index is 5.61. The third-order valence-corrected chi connectivity index (χ3v) is 2.27. The SMILES string of the molecule is NSC1C=CC(N)CC1. The van der Waals surface area contributed by atoms with Crippen molar-refractivity contribution in [3.8, 4) is 0 Å². The van der Waals surface area contributed by atoms with Crippen LogP contribution in [0.4, 0.5) is 0 Å². The Morgan fingerprint density at radius 1 is 1.33 bits per heavy atom. The van der Waals surface area contributed by atoms with Crippen LogP contribution in [0.2, 0.25) is 0 Å². The summed E-state index contributed by atoms with van der Waals surface area (Å²) in [6.45, 7) is 0. The molecule has 1 aliphatic carbocycles. The summed E-state index contributed by atoms with van der Waals surface area (Å²) in [6, 6.07) is 0.272. The Morgan fingerprint density at radius 3 is 2.56 bits per heavy atom. The van der Waals surface area contributed by atoms with Crippen molar-refractivity contribution in [3.63, 3.8) is 0 Å². The second kappa shape index (κ2) is 3.25. The third kappa shape index (κ3) is 2.01. The summed E-state index contributed by atoms with van der Waals surface area (Å²) < 4.78 is 0. The van der Waals surface area contributed by atoms with Crippen LogP contribution in [-0.2, 0) is 0 Å². The molecular weight excluding hydrogens is 132 g/mol. The number of hydrogen-bond donors (Lipinski definition) is 2. The molecule has 2 unspecified atom stereocenters. The molecule has 0 bridgehead atoms. The average Bonchev–Trinajstić information content (AvgIpc) is 1.90. The highest BCUT2D eigenvalue weighted by Crippen LogP contribution is 2.17. The molecule has 0 amide bonds. The van der Waals surface area contributed by atoms with Gasteiger partial charge < -0.3 is 5.73 Å². The van der Waals surface area contributed by atoms with Crippen molar-refractivity contribution in [2.24, 2.45) is 10.9 Å². The fourth-order valence-corrected chi connectivity index (χ4v) is 1.38. The maximum absolute atomic E-state index is 5.61. The van der Waals surface area contributed by atoms with Gasteiger partial charge in [-0.15, -0.1) is 0 Å². The van der Waals surface area contributed by atoms with Gasteiger partial charge in [-0.25, -0.2) is 0 Å². The van der Waals surface area contributed by atoms with Crippen LogP contribution in [0, 0.1) is 0 Å². The molecule has 0 fully saturated rings. The van der Waals surface area contributed by atoms with Crippen LogP contribution in [0.3, 0.4) is 0 Å². The number of hydrogen-bond acceptors (Lipinski definition) is 3. The van der Waals surface area contributed by atoms with Gasteiger partial charge in [0.2, 0.25) is 0 Å². The molecular formula is C6H12N2S. The lowest BCUT2D eigenvalue weighted by Gasteiger charge is -2.17. The first-order valence-electron chi connectivity index (χ1n) is 3.12. The third-order valence-electron chi connectivity index (χ3n) is 1.53. The monoisotopic (exact) mass is 144 g/mol. The first kappa shape index (κ1) is 7.12. The highest BCUT2D eigenvalue weighted by atomic mass is 32.2. The van der Waals surface area contributed by atoms with Crippen molar-refractivity contribution in [1.82, 2.24) is 0 Å². The Bertz CT molecular complexity index is 114. The molecule has 52 valence electrons. The van der Waals surface area contributed by atoms with Crippen molar-refractivity contribution >= 4 is 11.9 Å². The van der Waals surface area contributed by atoms with Gasteiger partial charge in [0.15, 0.2) is 0 Å². The molecule has 0 aliphatic heterocycles. The van der Waals surface area contributed by atoms with Crippen LogP contribution in [-0.4, -0.2) is 11.3 Å². The largest absolute Gasteiger partial charge is 0.324 e. The molecule has 0 aromatic carbocycles. The van der Waals surface area contributed by atoms with Crippen molar-refractivity contribution in [2.75, 3.05) is 0 Å². The van der Waals surface area contributed by atoms with Crippen LogP contribution in [0.5, 0.6) is 0 Å². The summed E-state index contributed by atoms with van der Waals surface area (Å²) in [4.78, 5) is 0. The van der Waals surface area contributed by atoms with Gasteiger partial charge in [-0.05, 0) is 12.8 Å². The van der Waals surface area contributed by atoms with Crippen molar-refractivity contribution in [2.45, 2.75) is 24.1 Å². The fraction of sp³-hybridized carbons (Fsp3) is 0.667. The average molecular weight is 144 g/mol. The van der Waals surface area contributed by atoms with E-state index in [-0.39, 0.29) is 6.04 Å². The molecule has 9 heavy (non-hydrogen) atoms. The first-order chi connectivity index (χ1) is 4.33. The molecule has 4 N–H and O–H groups in total. The van der Waals surface area contributed by atoms with Crippen LogP contribution >= 0.6 is 11.9 Å². The van der Waals surface area contributed by atoms with E-state index in [0.717, 1.165) is 12.8 Å². The second-order valence-electron chi connectivity index (χ2n) is 2.30. The molecule has 0 aromatic heterocycles. The Morgan fingerprint density at radius 2 is 2.11 bits per heavy atom. The Hall–Kier alpha value is 0.01000. The van der Waals surface area contributed by atoms with Crippen molar-refractivity contribution < 1.29 is 0 Å². The smallest absolute Gasteiger partial charge is 0.0371 e. The normalized spacial score (nSPS) is 34.9. The zero-order chi connectivity index (χ0) is 6.69. The quantitative estimate of drug-likeness (QED) is 0.419. The molecule has 1 rings (SSSR count). The van der Waals surface area contributed by atoms with E-state index in [1.165, 1.54) is 11.9 Å². The van der Waals surface area contributed by atoms with Gasteiger partial charge in [-0.1, -0.05) is 24.1 Å². The predicted molar refractivity (Wildman–Crippen MR) is 41.9 cm³/mol. The van der Waals surface area contributed by atoms with Gasteiger partial charge in [0.05, 0.1) is 0 Å². The molecule has 2 atom stereocenters. The molecule has 0 radical (unpaired) electrons. The van der Waals surface area contributed by atoms with E-state index in [2.05, 4.69) is 6.08 Å². The van der Waals surface area contributed by atoms with Crippen molar-refractivity contribution in [1.29, 1.82) is 0 Å². The summed E-state index contributed by atoms with van der Waals surface area (Å²) in [5.74, 6) is 0. The van der Waals surface area contributed by atoms with Gasteiger partial charge in [0.1, 0.15) is 0 Å². The highest BCUT2D eigenvalue weighted by molar-refractivity contribution is 7.97. The minimum atomic E-state index is 0.272. The van der Waals surface area contributed by atoms with E-state index in [0.29, 0.717) is 5.25 Å². The predicted octanol–water partition coefficient (Wildman–Crippen LogP) is 0.639. The van der Waals surface area contributed by atoms with E-state index in [4.69, 9.17) is 10.9 Å². The lowest BCUT2D eigenvalue weighted by atomic mass is 10.0. The minimum absolute atomic E-state index is 0.272. The molecule has 0 heterocycles. The lowest BCUT2D eigenvalue weighted by Crippen LogP contribution is -2.23. The van der Waals surface area contributed by atoms with E-state index in [9.17, 15) is 0 Å². The summed E-state index contributed by atoms with van der Waals surface area (Å²) in [7, 11) is 0. The van der Waals surface area contributed by atoms with E-state index >= 15 is 0 Å². The number of rotatable bonds is 1. The maximum Gasteiger partial charge on any atom is 0.0371 e. The van der Waals surface area contributed by atoms with Gasteiger partial charge in [-0.3, -0.25) is 5.14 Å². The first-order valence-corrected chi connectivity index (χ1v) is 4.06. The lowest BCUT2D eigenvalue weighted by molar-refractivity contribution is 0.653. The zero-order valence-electron chi connectivity index (χ0n) is 5.29. The topological polar surface area (TPSA) is 52.0 Å². The van der Waals surface area contributed by atoms with Crippen LogP contribution in [0.15, 0.2) is 12.2 Å². The van der Waals surface area contributed by atoms with Gasteiger partial charge in [0, 0.05) is 11.3 Å². The Kier molecular flexibility index (Phi) is 2.57. The summed E-state index contributed by atoms with van der Waals surface area (Å²) in [6.07, 6.45) is 6.33. The van der Waals surface area contributed by atoms with Crippen LogP contribution in [0.1, 0.15) is 12.8 Å². The van der Waals surface area contributed by atoms with E-state index in [1.807, 2.05) is 6.08 Å². The standard InChI is InChI=1S/C6H12N2S/c7-5-1-3-6(9-8)4-2-5/h1,3,5-6H,2,4,7-8H2. The van der Waals surface area contributed by atoms with E-state index < -0.39 is 0 Å². The summed E-state index contributed by atoms with van der Waals surface area (Å²) in [5, 5.41) is 5.88. The molecule has 3 heteroatoms. The van der Waals surface area contributed by atoms with Gasteiger partial charge in [0.25, 0.3) is 0 Å². The highest BCUT2D eigenvalue weighted by Gasteiger charge is 2.10. The van der Waals surface area contributed by atoms with Crippen molar-refractivity contribution in [3.05, 3.63) is 12.2 Å². The zero-order valence-corrected chi connectivity index (χ0v) is 6.10. The Balaban J connectivity index is 2.38. The van der Waals surface area contributed by atoms with Crippen LogP contribution < -0.4 is 10.9 Å². The molecule has 0 saturated carbocycles. The van der Waals surface area contributed by atoms with Gasteiger partial charge >= 0.3 is 0 Å². The fourth-order valence-electron chi connectivity index (χ4n) is 0.929. The van der Waals surface area contributed by atoms with Gasteiger partial charge in [-0.2, -0.15) is 0 Å².